The fraction of sp³-hybridized carbons (Fsp3) is 0.364. The molecule has 1 amide bonds. The van der Waals surface area contributed by atoms with Gasteiger partial charge in [0.05, 0.1) is 16.4 Å². The molecule has 3 nitrogen and oxygen atoms in total. The topological polar surface area (TPSA) is 55.1 Å². The quantitative estimate of drug-likeness (QED) is 0.798. The number of amides is 1. The molecule has 1 aromatic heterocycles. The van der Waals surface area contributed by atoms with E-state index in [1.165, 1.54) is 11.3 Å². The Kier molecular flexibility index (Phi) is 4.99. The zero-order valence-electron chi connectivity index (χ0n) is 9.07. The third-order valence-corrected chi connectivity index (χ3v) is 3.55. The van der Waals surface area contributed by atoms with Crippen LogP contribution in [0, 0.1) is 0 Å². The van der Waals surface area contributed by atoms with Crippen molar-refractivity contribution in [2.24, 2.45) is 5.73 Å². The fourth-order valence-electron chi connectivity index (χ4n) is 1.24. The summed E-state index contributed by atoms with van der Waals surface area (Å²) in [7, 11) is 0. The number of rotatable bonds is 5. The molecule has 0 aromatic carbocycles. The van der Waals surface area contributed by atoms with E-state index in [1.807, 2.05) is 19.1 Å². The lowest BCUT2D eigenvalue weighted by atomic mass is 10.2. The van der Waals surface area contributed by atoms with E-state index in [-0.39, 0.29) is 11.9 Å². The Balaban J connectivity index is 2.54. The highest BCUT2D eigenvalue weighted by Gasteiger charge is 2.16. The van der Waals surface area contributed by atoms with Crippen LogP contribution in [-0.4, -0.2) is 11.9 Å². The van der Waals surface area contributed by atoms with Gasteiger partial charge in [0.25, 0.3) is 0 Å². The zero-order chi connectivity index (χ0) is 12.1. The second-order valence-corrected chi connectivity index (χ2v) is 5.25. The molecule has 0 saturated heterocycles. The summed E-state index contributed by atoms with van der Waals surface area (Å²) >= 11 is 7.27. The minimum atomic E-state index is -0.532. The second kappa shape index (κ2) is 6.03. The van der Waals surface area contributed by atoms with Crippen molar-refractivity contribution in [3.8, 4) is 0 Å². The van der Waals surface area contributed by atoms with Gasteiger partial charge < -0.3 is 11.1 Å². The number of nitrogens with one attached hydrogen (secondary N) is 1. The van der Waals surface area contributed by atoms with E-state index >= 15 is 0 Å². The molecule has 0 aliphatic rings. The summed E-state index contributed by atoms with van der Waals surface area (Å²) in [6.07, 6.45) is 2.11. The lowest BCUT2D eigenvalue weighted by molar-refractivity contribution is -0.122. The molecule has 1 aromatic rings. The first-order valence-electron chi connectivity index (χ1n) is 4.96. The van der Waals surface area contributed by atoms with Crippen LogP contribution in [-0.2, 0) is 4.79 Å². The molecule has 0 saturated carbocycles. The number of hydrogen-bond acceptors (Lipinski definition) is 3. The summed E-state index contributed by atoms with van der Waals surface area (Å²) in [6, 6.07) is 3.11. The van der Waals surface area contributed by atoms with Crippen molar-refractivity contribution in [1.29, 1.82) is 0 Å². The molecule has 5 heteroatoms. The zero-order valence-corrected chi connectivity index (χ0v) is 10.6. The molecule has 0 aliphatic carbocycles. The fourth-order valence-corrected chi connectivity index (χ4v) is 2.30. The first kappa shape index (κ1) is 13.2. The van der Waals surface area contributed by atoms with Crippen LogP contribution in [0.2, 0.25) is 4.34 Å². The van der Waals surface area contributed by atoms with E-state index in [4.69, 9.17) is 17.3 Å². The standard InChI is InChI=1S/C11H15ClN2OS/c1-3-4-8(13)11(15)14-7(2)9-5-6-10(12)16-9/h3,5-8H,1,4,13H2,2H3,(H,14,15). The number of carbonyl (C=O) groups excluding carboxylic acids is 1. The van der Waals surface area contributed by atoms with E-state index in [2.05, 4.69) is 11.9 Å². The molecule has 0 spiro atoms. The Bertz CT molecular complexity index is 378. The van der Waals surface area contributed by atoms with Gasteiger partial charge in [0.2, 0.25) is 5.91 Å². The van der Waals surface area contributed by atoms with E-state index in [0.29, 0.717) is 10.8 Å². The van der Waals surface area contributed by atoms with Gasteiger partial charge in [-0.1, -0.05) is 17.7 Å². The Morgan fingerprint density at radius 2 is 2.44 bits per heavy atom. The predicted octanol–water partition coefficient (Wildman–Crippen LogP) is 2.48. The molecule has 16 heavy (non-hydrogen) atoms. The van der Waals surface area contributed by atoms with Gasteiger partial charge in [-0.3, -0.25) is 4.79 Å². The maximum atomic E-state index is 11.6. The number of nitrogens with two attached hydrogens (primary N) is 1. The molecule has 0 bridgehead atoms. The number of hydrogen-bond donors (Lipinski definition) is 2. The summed E-state index contributed by atoms with van der Waals surface area (Å²) in [5.41, 5.74) is 5.65. The van der Waals surface area contributed by atoms with Crippen molar-refractivity contribution in [3.05, 3.63) is 34.0 Å². The van der Waals surface area contributed by atoms with Crippen molar-refractivity contribution in [2.45, 2.75) is 25.4 Å². The average molecular weight is 259 g/mol. The maximum Gasteiger partial charge on any atom is 0.237 e. The van der Waals surface area contributed by atoms with Crippen molar-refractivity contribution in [3.63, 3.8) is 0 Å². The van der Waals surface area contributed by atoms with Crippen LogP contribution in [0.3, 0.4) is 0 Å². The van der Waals surface area contributed by atoms with Crippen molar-refractivity contribution < 1.29 is 4.79 Å². The Morgan fingerprint density at radius 3 is 2.94 bits per heavy atom. The predicted molar refractivity (Wildman–Crippen MR) is 68.7 cm³/mol. The number of thiophene rings is 1. The number of halogens is 1. The Labute approximate surface area is 104 Å². The SMILES string of the molecule is C=CCC(N)C(=O)NC(C)c1ccc(Cl)s1. The lowest BCUT2D eigenvalue weighted by Gasteiger charge is -2.15. The van der Waals surface area contributed by atoms with Crippen molar-refractivity contribution in [1.82, 2.24) is 5.32 Å². The van der Waals surface area contributed by atoms with Crippen LogP contribution in [0.25, 0.3) is 0 Å². The molecule has 3 N–H and O–H groups in total. The molecule has 2 unspecified atom stereocenters. The van der Waals surface area contributed by atoms with Gasteiger partial charge in [-0.05, 0) is 25.5 Å². The highest BCUT2D eigenvalue weighted by molar-refractivity contribution is 7.16. The van der Waals surface area contributed by atoms with Gasteiger partial charge in [0.15, 0.2) is 0 Å². The van der Waals surface area contributed by atoms with E-state index < -0.39 is 6.04 Å². The number of carbonyl (C=O) groups is 1. The first-order chi connectivity index (χ1) is 7.54. The lowest BCUT2D eigenvalue weighted by Crippen LogP contribution is -2.41. The monoisotopic (exact) mass is 258 g/mol. The summed E-state index contributed by atoms with van der Waals surface area (Å²) in [5, 5.41) is 2.83. The van der Waals surface area contributed by atoms with E-state index in [1.54, 1.807) is 6.08 Å². The van der Waals surface area contributed by atoms with Gasteiger partial charge in [0, 0.05) is 4.88 Å². The van der Waals surface area contributed by atoms with Gasteiger partial charge in [-0.2, -0.15) is 0 Å². The first-order valence-corrected chi connectivity index (χ1v) is 6.16. The Morgan fingerprint density at radius 1 is 1.75 bits per heavy atom. The maximum absolute atomic E-state index is 11.6. The van der Waals surface area contributed by atoms with Gasteiger partial charge in [-0.15, -0.1) is 17.9 Å². The van der Waals surface area contributed by atoms with Gasteiger partial charge in [0.1, 0.15) is 0 Å². The molecule has 0 fully saturated rings. The summed E-state index contributed by atoms with van der Waals surface area (Å²) < 4.78 is 0.714. The molecule has 1 heterocycles. The third-order valence-electron chi connectivity index (χ3n) is 2.14. The average Bonchev–Trinajstić information content (AvgIpc) is 2.65. The van der Waals surface area contributed by atoms with Gasteiger partial charge in [-0.25, -0.2) is 0 Å². The Hall–Kier alpha value is -0.840. The minimum Gasteiger partial charge on any atom is -0.347 e. The van der Waals surface area contributed by atoms with Crippen LogP contribution in [0.1, 0.15) is 24.3 Å². The van der Waals surface area contributed by atoms with Crippen LogP contribution in [0.15, 0.2) is 24.8 Å². The molecular formula is C11H15ClN2OS. The summed E-state index contributed by atoms with van der Waals surface area (Å²) in [5.74, 6) is -0.170. The van der Waals surface area contributed by atoms with E-state index in [0.717, 1.165) is 4.88 Å². The van der Waals surface area contributed by atoms with Crippen LogP contribution in [0.4, 0.5) is 0 Å². The highest BCUT2D eigenvalue weighted by atomic mass is 35.5. The highest BCUT2D eigenvalue weighted by Crippen LogP contribution is 2.26. The van der Waals surface area contributed by atoms with Crippen LogP contribution in [0.5, 0.6) is 0 Å². The summed E-state index contributed by atoms with van der Waals surface area (Å²) in [6.45, 7) is 5.45. The third kappa shape index (κ3) is 3.63. The largest absolute Gasteiger partial charge is 0.347 e. The summed E-state index contributed by atoms with van der Waals surface area (Å²) in [4.78, 5) is 12.6. The molecule has 0 aliphatic heterocycles. The normalized spacial score (nSPS) is 14.2. The molecule has 1 rings (SSSR count). The minimum absolute atomic E-state index is 0.0686. The van der Waals surface area contributed by atoms with Crippen molar-refractivity contribution >= 4 is 28.8 Å². The van der Waals surface area contributed by atoms with Crippen LogP contribution >= 0.6 is 22.9 Å². The molecular weight excluding hydrogens is 244 g/mol. The van der Waals surface area contributed by atoms with Gasteiger partial charge >= 0.3 is 0 Å². The molecule has 2 atom stereocenters. The molecule has 88 valence electrons. The van der Waals surface area contributed by atoms with Crippen LogP contribution < -0.4 is 11.1 Å². The second-order valence-electron chi connectivity index (χ2n) is 3.50. The molecule has 0 radical (unpaired) electrons. The van der Waals surface area contributed by atoms with E-state index in [9.17, 15) is 4.79 Å². The van der Waals surface area contributed by atoms with Crippen molar-refractivity contribution in [2.75, 3.05) is 0 Å². The smallest absolute Gasteiger partial charge is 0.237 e.